The van der Waals surface area contributed by atoms with E-state index in [9.17, 15) is 14.7 Å². The van der Waals surface area contributed by atoms with Crippen molar-refractivity contribution in [3.8, 4) is 11.1 Å². The average Bonchev–Trinajstić information content (AvgIpc) is 2.89. The van der Waals surface area contributed by atoms with Crippen LogP contribution in [0.4, 0.5) is 5.69 Å². The van der Waals surface area contributed by atoms with Crippen molar-refractivity contribution in [3.63, 3.8) is 0 Å². The number of carbonyl (C=O) groups excluding carboxylic acids is 1. The zero-order chi connectivity index (χ0) is 25.5. The molecule has 0 radical (unpaired) electrons. The zero-order valence-electron chi connectivity index (χ0n) is 19.9. The molecular formula is C30H27ClN2O3. The van der Waals surface area contributed by atoms with E-state index < -0.39 is 17.9 Å². The minimum Gasteiger partial charge on any atom is -0.481 e. The number of hydrogen-bond acceptors (Lipinski definition) is 3. The molecule has 1 amide bonds. The van der Waals surface area contributed by atoms with Crippen molar-refractivity contribution in [1.29, 1.82) is 0 Å². The van der Waals surface area contributed by atoms with Gasteiger partial charge in [0.25, 0.3) is 5.91 Å². The first-order chi connectivity index (χ1) is 17.4. The lowest BCUT2D eigenvalue weighted by atomic mass is 9.98. The zero-order valence-corrected chi connectivity index (χ0v) is 20.6. The predicted molar refractivity (Wildman–Crippen MR) is 144 cm³/mol. The highest BCUT2D eigenvalue weighted by molar-refractivity contribution is 6.31. The van der Waals surface area contributed by atoms with Crippen LogP contribution in [0.5, 0.6) is 0 Å². The average molecular weight is 499 g/mol. The van der Waals surface area contributed by atoms with Crippen LogP contribution in [0.15, 0.2) is 97.1 Å². The Labute approximate surface area is 215 Å². The number of benzene rings is 4. The molecule has 0 aliphatic heterocycles. The lowest BCUT2D eigenvalue weighted by Crippen LogP contribution is -2.30. The minimum atomic E-state index is -1.00. The number of nitrogens with one attached hydrogen (secondary N) is 2. The van der Waals surface area contributed by atoms with Gasteiger partial charge in [-0.25, -0.2) is 0 Å². The van der Waals surface area contributed by atoms with Gasteiger partial charge in [-0.1, -0.05) is 96.0 Å². The summed E-state index contributed by atoms with van der Waals surface area (Å²) in [5, 5.41) is 16.1. The van der Waals surface area contributed by atoms with Crippen LogP contribution in [0.1, 0.15) is 39.5 Å². The molecule has 0 aliphatic rings. The van der Waals surface area contributed by atoms with Crippen LogP contribution in [0, 0.1) is 6.92 Å². The summed E-state index contributed by atoms with van der Waals surface area (Å²) >= 11 is 6.21. The van der Waals surface area contributed by atoms with Gasteiger partial charge in [0.2, 0.25) is 0 Å². The van der Waals surface area contributed by atoms with Crippen LogP contribution in [-0.4, -0.2) is 17.0 Å². The van der Waals surface area contributed by atoms with Gasteiger partial charge in [0.05, 0.1) is 18.0 Å². The summed E-state index contributed by atoms with van der Waals surface area (Å²) < 4.78 is 0. The smallest absolute Gasteiger partial charge is 0.305 e. The van der Waals surface area contributed by atoms with Crippen molar-refractivity contribution >= 4 is 29.2 Å². The quantitative estimate of drug-likeness (QED) is 0.235. The van der Waals surface area contributed by atoms with Crippen LogP contribution < -0.4 is 10.6 Å². The molecule has 0 fully saturated rings. The normalized spacial score (nSPS) is 11.5. The Morgan fingerprint density at radius 3 is 2.19 bits per heavy atom. The Kier molecular flexibility index (Phi) is 8.03. The van der Waals surface area contributed by atoms with E-state index in [2.05, 4.69) is 10.6 Å². The molecule has 3 N–H and O–H groups in total. The second-order valence-corrected chi connectivity index (χ2v) is 9.08. The number of carboxylic acids is 1. The van der Waals surface area contributed by atoms with Gasteiger partial charge in [0, 0.05) is 17.3 Å². The van der Waals surface area contributed by atoms with Crippen molar-refractivity contribution in [2.45, 2.75) is 25.9 Å². The Balaban J connectivity index is 1.54. The van der Waals surface area contributed by atoms with Crippen LogP contribution in [0.25, 0.3) is 11.1 Å². The van der Waals surface area contributed by atoms with E-state index in [0.717, 1.165) is 16.7 Å². The van der Waals surface area contributed by atoms with Crippen molar-refractivity contribution in [2.75, 3.05) is 5.32 Å². The SMILES string of the molecule is Cc1ccc(CNc2ccc(Cl)cc2C(=O)NC(CC(=O)O)c2ccc(-c3ccccc3)cc2)cc1. The van der Waals surface area contributed by atoms with Crippen LogP contribution in [-0.2, 0) is 11.3 Å². The number of aryl methyl sites for hydroxylation is 1. The number of anilines is 1. The molecule has 1 unspecified atom stereocenters. The van der Waals surface area contributed by atoms with Crippen LogP contribution in [0.3, 0.4) is 0 Å². The van der Waals surface area contributed by atoms with Gasteiger partial charge >= 0.3 is 5.97 Å². The maximum atomic E-state index is 13.3. The summed E-state index contributed by atoms with van der Waals surface area (Å²) in [6.07, 6.45) is -0.247. The minimum absolute atomic E-state index is 0.247. The lowest BCUT2D eigenvalue weighted by Gasteiger charge is -2.20. The molecular weight excluding hydrogens is 472 g/mol. The molecule has 6 heteroatoms. The molecule has 4 rings (SSSR count). The first-order valence-corrected chi connectivity index (χ1v) is 12.0. The third-order valence-corrected chi connectivity index (χ3v) is 6.17. The third kappa shape index (κ3) is 6.52. The van der Waals surface area contributed by atoms with E-state index in [4.69, 9.17) is 11.6 Å². The first kappa shape index (κ1) is 25.0. The van der Waals surface area contributed by atoms with Gasteiger partial charge in [0.15, 0.2) is 0 Å². The number of carboxylic acid groups (broad SMARTS) is 1. The van der Waals surface area contributed by atoms with Gasteiger partial charge in [-0.3, -0.25) is 9.59 Å². The van der Waals surface area contributed by atoms with Gasteiger partial charge in [-0.2, -0.15) is 0 Å². The van der Waals surface area contributed by atoms with E-state index in [1.807, 2.05) is 85.8 Å². The lowest BCUT2D eigenvalue weighted by molar-refractivity contribution is -0.137. The highest BCUT2D eigenvalue weighted by Gasteiger charge is 2.21. The fourth-order valence-electron chi connectivity index (χ4n) is 3.96. The number of carbonyl (C=O) groups is 2. The maximum Gasteiger partial charge on any atom is 0.305 e. The second kappa shape index (κ2) is 11.6. The van der Waals surface area contributed by atoms with Crippen molar-refractivity contribution < 1.29 is 14.7 Å². The molecule has 5 nitrogen and oxygen atoms in total. The van der Waals surface area contributed by atoms with E-state index >= 15 is 0 Å². The molecule has 0 saturated carbocycles. The number of amides is 1. The maximum absolute atomic E-state index is 13.3. The number of hydrogen-bond donors (Lipinski definition) is 3. The van der Waals surface area contributed by atoms with Gasteiger partial charge in [-0.15, -0.1) is 0 Å². The standard InChI is InChI=1S/C30H27ClN2O3/c1-20-7-9-21(10-8-20)19-32-27-16-15-25(31)17-26(27)30(36)33-28(18-29(34)35)24-13-11-23(12-14-24)22-5-3-2-4-6-22/h2-17,28,32H,18-19H2,1H3,(H,33,36)(H,34,35). The van der Waals surface area contributed by atoms with Gasteiger partial charge in [-0.05, 0) is 47.4 Å². The molecule has 1 atom stereocenters. The molecule has 0 spiro atoms. The summed E-state index contributed by atoms with van der Waals surface area (Å²) in [5.74, 6) is -1.40. The van der Waals surface area contributed by atoms with Crippen molar-refractivity contribution in [1.82, 2.24) is 5.32 Å². The highest BCUT2D eigenvalue weighted by Crippen LogP contribution is 2.26. The van der Waals surface area contributed by atoms with Crippen LogP contribution >= 0.6 is 11.6 Å². The highest BCUT2D eigenvalue weighted by atomic mass is 35.5. The molecule has 0 aromatic heterocycles. The van der Waals surface area contributed by atoms with E-state index in [0.29, 0.717) is 28.4 Å². The Morgan fingerprint density at radius 1 is 0.861 bits per heavy atom. The molecule has 4 aromatic carbocycles. The van der Waals surface area contributed by atoms with Crippen molar-refractivity contribution in [2.24, 2.45) is 0 Å². The van der Waals surface area contributed by atoms with E-state index in [1.165, 1.54) is 5.56 Å². The summed E-state index contributed by atoms with van der Waals surface area (Å²) in [6.45, 7) is 2.56. The number of aliphatic carboxylic acids is 1. The molecule has 36 heavy (non-hydrogen) atoms. The van der Waals surface area contributed by atoms with E-state index in [-0.39, 0.29) is 6.42 Å². The molecule has 0 aliphatic carbocycles. The van der Waals surface area contributed by atoms with Crippen molar-refractivity contribution in [3.05, 3.63) is 124 Å². The molecule has 0 bridgehead atoms. The Morgan fingerprint density at radius 2 is 1.53 bits per heavy atom. The fraction of sp³-hybridized carbons (Fsp3) is 0.133. The van der Waals surface area contributed by atoms with Crippen LogP contribution in [0.2, 0.25) is 5.02 Å². The summed E-state index contributed by atoms with van der Waals surface area (Å²) in [4.78, 5) is 24.9. The van der Waals surface area contributed by atoms with E-state index in [1.54, 1.807) is 18.2 Å². The molecule has 182 valence electrons. The van der Waals surface area contributed by atoms with Gasteiger partial charge < -0.3 is 15.7 Å². The number of halogens is 1. The third-order valence-electron chi connectivity index (χ3n) is 5.93. The summed E-state index contributed by atoms with van der Waals surface area (Å²) in [7, 11) is 0. The molecule has 4 aromatic rings. The number of rotatable bonds is 9. The predicted octanol–water partition coefficient (Wildman–Crippen LogP) is 6.87. The largest absolute Gasteiger partial charge is 0.481 e. The molecule has 0 heterocycles. The molecule has 0 saturated heterocycles. The topological polar surface area (TPSA) is 78.4 Å². The monoisotopic (exact) mass is 498 g/mol. The Bertz CT molecular complexity index is 1340. The Hall–Kier alpha value is -4.09. The first-order valence-electron chi connectivity index (χ1n) is 11.7. The fourth-order valence-corrected chi connectivity index (χ4v) is 4.14. The van der Waals surface area contributed by atoms with Gasteiger partial charge in [0.1, 0.15) is 0 Å². The summed E-state index contributed by atoms with van der Waals surface area (Å²) in [6, 6.07) is 29.9. The second-order valence-electron chi connectivity index (χ2n) is 8.64. The summed E-state index contributed by atoms with van der Waals surface area (Å²) in [5.41, 5.74) is 6.00.